The number of para-hydroxylation sites is 2. The van der Waals surface area contributed by atoms with Crippen molar-refractivity contribution in [3.63, 3.8) is 0 Å². The summed E-state index contributed by atoms with van der Waals surface area (Å²) >= 11 is 1.51. The maximum atomic E-state index is 13.7. The lowest BCUT2D eigenvalue weighted by atomic mass is 9.78. The zero-order chi connectivity index (χ0) is 27.4. The molecule has 2 heterocycles. The zero-order valence-corrected chi connectivity index (χ0v) is 22.4. The molecule has 0 aliphatic carbocycles. The average molecular weight is 546 g/mol. The molecule has 0 saturated carbocycles. The first-order valence-electron chi connectivity index (χ1n) is 12.9. The van der Waals surface area contributed by atoms with Crippen molar-refractivity contribution in [1.82, 2.24) is 10.2 Å². The van der Waals surface area contributed by atoms with Crippen molar-refractivity contribution in [2.24, 2.45) is 11.8 Å². The van der Waals surface area contributed by atoms with Gasteiger partial charge in [0.25, 0.3) is 0 Å². The number of ether oxygens (including phenoxy) is 1. The summed E-state index contributed by atoms with van der Waals surface area (Å²) < 4.78 is 5.90. The van der Waals surface area contributed by atoms with Crippen LogP contribution in [0.2, 0.25) is 0 Å². The Kier molecular flexibility index (Phi) is 7.90. The Labute approximate surface area is 231 Å². The molecule has 2 aliphatic heterocycles. The van der Waals surface area contributed by atoms with Gasteiger partial charge in [-0.25, -0.2) is 0 Å². The van der Waals surface area contributed by atoms with Crippen LogP contribution >= 0.6 is 11.8 Å². The summed E-state index contributed by atoms with van der Waals surface area (Å²) in [5.74, 6) is -1.82. The lowest BCUT2D eigenvalue weighted by Gasteiger charge is -2.31. The van der Waals surface area contributed by atoms with E-state index in [-0.39, 0.29) is 18.9 Å². The third kappa shape index (κ3) is 5.24. The van der Waals surface area contributed by atoms with E-state index in [2.05, 4.69) is 10.6 Å². The number of carbonyl (C=O) groups excluding carboxylic acids is 2. The summed E-state index contributed by atoms with van der Waals surface area (Å²) in [7, 11) is 0. The normalized spacial score (nSPS) is 24.0. The van der Waals surface area contributed by atoms with Gasteiger partial charge in [-0.15, -0.1) is 0 Å². The van der Waals surface area contributed by atoms with E-state index in [1.165, 1.54) is 16.7 Å². The summed E-state index contributed by atoms with van der Waals surface area (Å²) in [4.78, 5) is 41.5. The topological polar surface area (TPSA) is 108 Å². The first-order chi connectivity index (χ1) is 18.9. The van der Waals surface area contributed by atoms with Crippen molar-refractivity contribution in [3.8, 4) is 11.5 Å². The number of amides is 2. The van der Waals surface area contributed by atoms with Gasteiger partial charge >= 0.3 is 5.97 Å². The molecule has 9 heteroatoms. The minimum atomic E-state index is -1.54. The van der Waals surface area contributed by atoms with Gasteiger partial charge in [-0.1, -0.05) is 48.5 Å². The Morgan fingerprint density at radius 1 is 0.974 bits per heavy atom. The number of thioether (sulfide) groups is 1. The van der Waals surface area contributed by atoms with Crippen LogP contribution in [0.15, 0.2) is 84.9 Å². The molecule has 2 aliphatic rings. The highest BCUT2D eigenvalue weighted by molar-refractivity contribution is 7.98. The van der Waals surface area contributed by atoms with Crippen LogP contribution in [0.25, 0.3) is 0 Å². The third-order valence-electron chi connectivity index (χ3n) is 7.48. The Hall–Kier alpha value is -3.82. The molecule has 2 fully saturated rings. The molecule has 202 valence electrons. The van der Waals surface area contributed by atoms with E-state index in [4.69, 9.17) is 4.74 Å². The number of benzene rings is 3. The SMILES string of the molecule is CSCCC1(C(=O)O)NC(c2ccc(Oc3ccccc3)cc2)C2C(=O)N(CCNc3ccccc3)C(=O)C21. The van der Waals surface area contributed by atoms with E-state index in [0.29, 0.717) is 23.8 Å². The minimum absolute atomic E-state index is 0.161. The number of hydrogen-bond donors (Lipinski definition) is 3. The average Bonchev–Trinajstić information content (AvgIpc) is 3.43. The molecule has 4 atom stereocenters. The fraction of sp³-hybridized carbons (Fsp3) is 0.300. The molecule has 2 saturated heterocycles. The third-order valence-corrected chi connectivity index (χ3v) is 8.10. The van der Waals surface area contributed by atoms with Crippen molar-refractivity contribution >= 4 is 35.2 Å². The van der Waals surface area contributed by atoms with Crippen molar-refractivity contribution in [2.45, 2.75) is 18.0 Å². The maximum absolute atomic E-state index is 13.7. The summed E-state index contributed by atoms with van der Waals surface area (Å²) in [6.45, 7) is 0.532. The van der Waals surface area contributed by atoms with Crippen LogP contribution < -0.4 is 15.4 Å². The molecule has 5 rings (SSSR count). The predicted octanol–water partition coefficient (Wildman–Crippen LogP) is 4.41. The van der Waals surface area contributed by atoms with E-state index in [0.717, 1.165) is 11.3 Å². The number of likely N-dealkylation sites (tertiary alicyclic amines) is 1. The molecule has 3 aromatic carbocycles. The second-order valence-corrected chi connectivity index (χ2v) is 10.7. The number of imide groups is 1. The van der Waals surface area contributed by atoms with Crippen LogP contribution in [0, 0.1) is 11.8 Å². The van der Waals surface area contributed by atoms with Crippen molar-refractivity contribution in [1.29, 1.82) is 0 Å². The highest BCUT2D eigenvalue weighted by Gasteiger charge is 2.68. The van der Waals surface area contributed by atoms with Crippen LogP contribution in [0.3, 0.4) is 0 Å². The van der Waals surface area contributed by atoms with E-state index in [1.54, 1.807) is 12.1 Å². The number of nitrogens with one attached hydrogen (secondary N) is 2. The van der Waals surface area contributed by atoms with Crippen molar-refractivity contribution < 1.29 is 24.2 Å². The van der Waals surface area contributed by atoms with Crippen LogP contribution in [-0.2, 0) is 14.4 Å². The second kappa shape index (κ2) is 11.5. The first kappa shape index (κ1) is 26.8. The lowest BCUT2D eigenvalue weighted by Crippen LogP contribution is -2.56. The van der Waals surface area contributed by atoms with Gasteiger partial charge in [0.2, 0.25) is 11.8 Å². The number of anilines is 1. The lowest BCUT2D eigenvalue weighted by molar-refractivity contribution is -0.151. The Morgan fingerprint density at radius 3 is 2.26 bits per heavy atom. The molecule has 39 heavy (non-hydrogen) atoms. The predicted molar refractivity (Wildman–Crippen MR) is 151 cm³/mol. The molecular formula is C30H31N3O5S. The summed E-state index contributed by atoms with van der Waals surface area (Å²) in [5, 5.41) is 16.9. The summed E-state index contributed by atoms with van der Waals surface area (Å²) in [6, 6.07) is 25.5. The molecule has 0 aromatic heterocycles. The number of hydrogen-bond acceptors (Lipinski definition) is 7. The van der Waals surface area contributed by atoms with Gasteiger partial charge in [-0.05, 0) is 60.4 Å². The van der Waals surface area contributed by atoms with Crippen molar-refractivity contribution in [2.75, 3.05) is 30.4 Å². The number of carbonyl (C=O) groups is 3. The highest BCUT2D eigenvalue weighted by Crippen LogP contribution is 2.50. The van der Waals surface area contributed by atoms with Crippen LogP contribution in [0.1, 0.15) is 18.0 Å². The van der Waals surface area contributed by atoms with Crippen LogP contribution in [0.4, 0.5) is 5.69 Å². The highest BCUT2D eigenvalue weighted by atomic mass is 32.2. The molecule has 0 bridgehead atoms. The largest absolute Gasteiger partial charge is 0.480 e. The molecule has 0 radical (unpaired) electrons. The summed E-state index contributed by atoms with van der Waals surface area (Å²) in [5.41, 5.74) is 0.0865. The molecule has 0 spiro atoms. The van der Waals surface area contributed by atoms with Crippen LogP contribution in [-0.4, -0.2) is 58.4 Å². The fourth-order valence-electron chi connectivity index (χ4n) is 5.60. The van der Waals surface area contributed by atoms with Gasteiger partial charge in [0, 0.05) is 24.8 Å². The number of fused-ring (bicyclic) bond motifs is 1. The molecule has 2 amide bonds. The van der Waals surface area contributed by atoms with E-state index in [1.807, 2.05) is 79.1 Å². The Balaban J connectivity index is 1.41. The quantitative estimate of drug-likeness (QED) is 0.304. The van der Waals surface area contributed by atoms with Gasteiger partial charge in [-0.2, -0.15) is 11.8 Å². The van der Waals surface area contributed by atoms with Crippen LogP contribution in [0.5, 0.6) is 11.5 Å². The second-order valence-electron chi connectivity index (χ2n) is 9.75. The van der Waals surface area contributed by atoms with Gasteiger partial charge < -0.3 is 15.2 Å². The number of carboxylic acid groups (broad SMARTS) is 1. The molecular weight excluding hydrogens is 514 g/mol. The van der Waals surface area contributed by atoms with E-state index >= 15 is 0 Å². The zero-order valence-electron chi connectivity index (χ0n) is 21.6. The minimum Gasteiger partial charge on any atom is -0.480 e. The Morgan fingerprint density at radius 2 is 1.62 bits per heavy atom. The molecule has 3 aromatic rings. The summed E-state index contributed by atoms with van der Waals surface area (Å²) in [6.07, 6.45) is 2.12. The van der Waals surface area contributed by atoms with Gasteiger partial charge in [0.1, 0.15) is 17.0 Å². The van der Waals surface area contributed by atoms with Gasteiger partial charge in [0.15, 0.2) is 0 Å². The number of aliphatic carboxylic acids is 1. The monoisotopic (exact) mass is 545 g/mol. The first-order valence-corrected chi connectivity index (χ1v) is 14.3. The molecule has 3 N–H and O–H groups in total. The van der Waals surface area contributed by atoms with E-state index < -0.39 is 35.3 Å². The smallest absolute Gasteiger partial charge is 0.324 e. The van der Waals surface area contributed by atoms with E-state index in [9.17, 15) is 19.5 Å². The maximum Gasteiger partial charge on any atom is 0.324 e. The number of carboxylic acids is 1. The van der Waals surface area contributed by atoms with Crippen molar-refractivity contribution in [3.05, 3.63) is 90.5 Å². The Bertz CT molecular complexity index is 1320. The van der Waals surface area contributed by atoms with Gasteiger partial charge in [-0.3, -0.25) is 24.6 Å². The molecule has 8 nitrogen and oxygen atoms in total. The molecule has 4 unspecified atom stereocenters. The van der Waals surface area contributed by atoms with Gasteiger partial charge in [0.05, 0.1) is 11.8 Å². The number of rotatable bonds is 11. The number of nitrogens with zero attached hydrogens (tertiary/aromatic N) is 1. The standard InChI is InChI=1S/C30H31N3O5S/c1-39-19-16-30(29(36)37)25-24(27(34)33(28(25)35)18-17-31-21-8-4-2-5-9-21)26(32-30)20-12-14-23(15-13-20)38-22-10-6-3-7-11-22/h2-15,24-26,31-32H,16-19H2,1H3,(H,36,37). The fourth-order valence-corrected chi connectivity index (χ4v) is 6.13.